The summed E-state index contributed by atoms with van der Waals surface area (Å²) in [6, 6.07) is 12.0. The van der Waals surface area contributed by atoms with Crippen LogP contribution < -0.4 is 10.1 Å². The van der Waals surface area contributed by atoms with Crippen molar-refractivity contribution in [1.82, 2.24) is 0 Å². The lowest BCUT2D eigenvalue weighted by molar-refractivity contribution is 0.102. The Morgan fingerprint density at radius 3 is 2.41 bits per heavy atom. The molecule has 2 rings (SSSR count). The van der Waals surface area contributed by atoms with Crippen molar-refractivity contribution in [3.63, 3.8) is 0 Å². The fourth-order valence-electron chi connectivity index (χ4n) is 1.78. The van der Waals surface area contributed by atoms with Crippen LogP contribution in [0.5, 0.6) is 5.75 Å². The molecule has 0 spiro atoms. The van der Waals surface area contributed by atoms with Crippen molar-refractivity contribution >= 4 is 34.8 Å². The molecule has 1 unspecified atom stereocenters. The van der Waals surface area contributed by atoms with Crippen molar-refractivity contribution in [2.24, 2.45) is 0 Å². The largest absolute Gasteiger partial charge is 0.491 e. The van der Waals surface area contributed by atoms with Crippen LogP contribution in [0.3, 0.4) is 0 Å². The van der Waals surface area contributed by atoms with Gasteiger partial charge >= 0.3 is 0 Å². The molecule has 1 N–H and O–H groups in total. The van der Waals surface area contributed by atoms with Gasteiger partial charge in [0.1, 0.15) is 5.75 Å². The van der Waals surface area contributed by atoms with Crippen molar-refractivity contribution in [3.8, 4) is 5.75 Å². The number of rotatable bonds is 5. The maximum atomic E-state index is 12.2. The summed E-state index contributed by atoms with van der Waals surface area (Å²) in [6.45, 7) is 4.06. The zero-order valence-corrected chi connectivity index (χ0v) is 13.9. The summed E-state index contributed by atoms with van der Waals surface area (Å²) in [5.74, 6) is 0.536. The number of hydrogen-bond donors (Lipinski definition) is 1. The summed E-state index contributed by atoms with van der Waals surface area (Å²) in [4.78, 5) is 12.2. The summed E-state index contributed by atoms with van der Waals surface area (Å²) >= 11 is 11.8. The van der Waals surface area contributed by atoms with Crippen LogP contribution in [0.2, 0.25) is 10.0 Å². The van der Waals surface area contributed by atoms with Crippen molar-refractivity contribution in [2.75, 3.05) is 5.32 Å². The Labute approximate surface area is 140 Å². The topological polar surface area (TPSA) is 38.3 Å². The molecule has 0 saturated carbocycles. The third-order valence-corrected chi connectivity index (χ3v) is 3.95. The molecule has 0 aliphatic rings. The molecule has 2 aromatic rings. The maximum Gasteiger partial charge on any atom is 0.255 e. The lowest BCUT2D eigenvalue weighted by Gasteiger charge is -2.12. The lowest BCUT2D eigenvalue weighted by Crippen LogP contribution is -2.12. The molecule has 0 aliphatic carbocycles. The van der Waals surface area contributed by atoms with E-state index < -0.39 is 0 Å². The Kier molecular flexibility index (Phi) is 5.69. The number of hydrogen-bond acceptors (Lipinski definition) is 2. The molecule has 116 valence electrons. The summed E-state index contributed by atoms with van der Waals surface area (Å²) < 4.78 is 5.68. The predicted octanol–water partition coefficient (Wildman–Crippen LogP) is 5.42. The second kappa shape index (κ2) is 7.52. The van der Waals surface area contributed by atoms with Crippen LogP contribution in [0.1, 0.15) is 30.6 Å². The highest BCUT2D eigenvalue weighted by Gasteiger charge is 2.08. The fraction of sp³-hybridized carbons (Fsp3) is 0.235. The van der Waals surface area contributed by atoms with E-state index in [1.165, 1.54) is 0 Å². The van der Waals surface area contributed by atoms with Crippen LogP contribution in [0.25, 0.3) is 0 Å². The van der Waals surface area contributed by atoms with E-state index >= 15 is 0 Å². The Bertz CT molecular complexity index is 656. The molecule has 0 aromatic heterocycles. The van der Waals surface area contributed by atoms with E-state index in [0.717, 1.165) is 12.2 Å². The average Bonchev–Trinajstić information content (AvgIpc) is 2.51. The normalized spacial score (nSPS) is 11.8. The number of anilines is 1. The van der Waals surface area contributed by atoms with E-state index in [1.807, 2.05) is 6.92 Å². The van der Waals surface area contributed by atoms with E-state index in [0.29, 0.717) is 21.3 Å². The van der Waals surface area contributed by atoms with E-state index in [-0.39, 0.29) is 12.0 Å². The van der Waals surface area contributed by atoms with Crippen LogP contribution >= 0.6 is 23.2 Å². The van der Waals surface area contributed by atoms with Crippen molar-refractivity contribution < 1.29 is 9.53 Å². The molecule has 0 heterocycles. The fourth-order valence-corrected chi connectivity index (χ4v) is 2.08. The SMILES string of the molecule is CCC(C)Oc1ccc(C(=O)Nc2ccc(Cl)c(Cl)c2)cc1. The van der Waals surface area contributed by atoms with E-state index in [1.54, 1.807) is 42.5 Å². The van der Waals surface area contributed by atoms with Gasteiger partial charge in [-0.3, -0.25) is 4.79 Å². The first-order valence-electron chi connectivity index (χ1n) is 7.02. The number of carbonyl (C=O) groups is 1. The summed E-state index contributed by atoms with van der Waals surface area (Å²) in [5.41, 5.74) is 1.14. The first kappa shape index (κ1) is 16.7. The van der Waals surface area contributed by atoms with Gasteiger partial charge in [-0.25, -0.2) is 0 Å². The van der Waals surface area contributed by atoms with Crippen LogP contribution in [0.15, 0.2) is 42.5 Å². The lowest BCUT2D eigenvalue weighted by atomic mass is 10.2. The van der Waals surface area contributed by atoms with Gasteiger partial charge in [0.25, 0.3) is 5.91 Å². The van der Waals surface area contributed by atoms with Gasteiger partial charge in [-0.2, -0.15) is 0 Å². The van der Waals surface area contributed by atoms with Gasteiger partial charge in [0.15, 0.2) is 0 Å². The number of carbonyl (C=O) groups excluding carboxylic acids is 1. The van der Waals surface area contributed by atoms with Gasteiger partial charge in [-0.1, -0.05) is 30.1 Å². The Morgan fingerprint density at radius 2 is 1.82 bits per heavy atom. The number of amides is 1. The van der Waals surface area contributed by atoms with Crippen LogP contribution in [0, 0.1) is 0 Å². The molecule has 0 aliphatic heterocycles. The highest BCUT2D eigenvalue weighted by molar-refractivity contribution is 6.42. The molecule has 0 saturated heterocycles. The number of ether oxygens (including phenoxy) is 1. The standard InChI is InChI=1S/C17H17Cl2NO2/c1-3-11(2)22-14-7-4-12(5-8-14)17(21)20-13-6-9-15(18)16(19)10-13/h4-11H,3H2,1-2H3,(H,20,21). The first-order valence-corrected chi connectivity index (χ1v) is 7.78. The molecule has 0 fully saturated rings. The molecular formula is C17H17Cl2NO2. The first-order chi connectivity index (χ1) is 10.5. The zero-order chi connectivity index (χ0) is 16.1. The van der Waals surface area contributed by atoms with E-state index in [9.17, 15) is 4.79 Å². The third-order valence-electron chi connectivity index (χ3n) is 3.21. The quantitative estimate of drug-likeness (QED) is 0.790. The van der Waals surface area contributed by atoms with E-state index in [4.69, 9.17) is 27.9 Å². The molecular weight excluding hydrogens is 321 g/mol. The summed E-state index contributed by atoms with van der Waals surface area (Å²) in [6.07, 6.45) is 1.08. The summed E-state index contributed by atoms with van der Waals surface area (Å²) in [7, 11) is 0. The molecule has 5 heteroatoms. The minimum absolute atomic E-state index is 0.149. The predicted molar refractivity (Wildman–Crippen MR) is 91.2 cm³/mol. The highest BCUT2D eigenvalue weighted by Crippen LogP contribution is 2.25. The minimum Gasteiger partial charge on any atom is -0.491 e. The minimum atomic E-state index is -0.214. The van der Waals surface area contributed by atoms with Gasteiger partial charge in [-0.05, 0) is 55.8 Å². The monoisotopic (exact) mass is 337 g/mol. The smallest absolute Gasteiger partial charge is 0.255 e. The van der Waals surface area contributed by atoms with Gasteiger partial charge in [0.2, 0.25) is 0 Å². The van der Waals surface area contributed by atoms with Crippen LogP contribution in [-0.2, 0) is 0 Å². The van der Waals surface area contributed by atoms with Gasteiger partial charge in [0, 0.05) is 11.3 Å². The number of halogens is 2. The highest BCUT2D eigenvalue weighted by atomic mass is 35.5. The van der Waals surface area contributed by atoms with Crippen molar-refractivity contribution in [1.29, 1.82) is 0 Å². The molecule has 22 heavy (non-hydrogen) atoms. The number of benzene rings is 2. The van der Waals surface area contributed by atoms with Gasteiger partial charge in [-0.15, -0.1) is 0 Å². The van der Waals surface area contributed by atoms with Crippen molar-refractivity contribution in [3.05, 3.63) is 58.1 Å². The van der Waals surface area contributed by atoms with Crippen LogP contribution in [0.4, 0.5) is 5.69 Å². The Hall–Kier alpha value is -1.71. The number of nitrogens with one attached hydrogen (secondary N) is 1. The summed E-state index contributed by atoms with van der Waals surface area (Å²) in [5, 5.41) is 3.62. The zero-order valence-electron chi connectivity index (χ0n) is 12.4. The molecule has 1 atom stereocenters. The molecule has 0 radical (unpaired) electrons. The second-order valence-electron chi connectivity index (χ2n) is 4.94. The molecule has 0 bridgehead atoms. The third kappa shape index (κ3) is 4.39. The Balaban J connectivity index is 2.04. The molecule has 2 aromatic carbocycles. The average molecular weight is 338 g/mol. The van der Waals surface area contributed by atoms with Crippen LogP contribution in [-0.4, -0.2) is 12.0 Å². The Morgan fingerprint density at radius 1 is 1.14 bits per heavy atom. The molecule has 3 nitrogen and oxygen atoms in total. The molecule has 1 amide bonds. The van der Waals surface area contributed by atoms with Gasteiger partial charge in [0.05, 0.1) is 16.1 Å². The van der Waals surface area contributed by atoms with Gasteiger partial charge < -0.3 is 10.1 Å². The maximum absolute atomic E-state index is 12.2. The van der Waals surface area contributed by atoms with Crippen molar-refractivity contribution in [2.45, 2.75) is 26.4 Å². The van der Waals surface area contributed by atoms with E-state index in [2.05, 4.69) is 12.2 Å². The second-order valence-corrected chi connectivity index (χ2v) is 5.76.